The van der Waals surface area contributed by atoms with Gasteiger partial charge in [-0.3, -0.25) is 4.98 Å². The van der Waals surface area contributed by atoms with Crippen molar-refractivity contribution in [2.75, 3.05) is 0 Å². The molecule has 0 saturated heterocycles. The lowest BCUT2D eigenvalue weighted by Gasteiger charge is -2.11. The second-order valence-electron chi connectivity index (χ2n) is 6.91. The average Bonchev–Trinajstić information content (AvgIpc) is 3.43. The van der Waals surface area contributed by atoms with Crippen LogP contribution in [0.2, 0.25) is 0 Å². The molecule has 0 bridgehead atoms. The second kappa shape index (κ2) is 6.12. The summed E-state index contributed by atoms with van der Waals surface area (Å²) in [5.41, 5.74) is 2.86. The maximum atomic E-state index is 14.1. The molecule has 1 aliphatic carbocycles. The van der Waals surface area contributed by atoms with Crippen LogP contribution in [0.25, 0.3) is 22.2 Å². The maximum absolute atomic E-state index is 14.1. The third-order valence-electron chi connectivity index (χ3n) is 5.08. The molecule has 0 radical (unpaired) electrons. The Kier molecular flexibility index (Phi) is 3.62. The van der Waals surface area contributed by atoms with E-state index < -0.39 is 0 Å². The number of fused-ring (bicyclic) bond motifs is 2. The first kappa shape index (κ1) is 15.4. The van der Waals surface area contributed by atoms with Gasteiger partial charge >= 0.3 is 0 Å². The summed E-state index contributed by atoms with van der Waals surface area (Å²) in [6.07, 6.45) is 9.73. The molecule has 0 N–H and O–H groups in total. The molecule has 3 aromatic heterocycles. The average molecular weight is 347 g/mol. The van der Waals surface area contributed by atoms with Crippen LogP contribution < -0.4 is 0 Å². The predicted molar refractivity (Wildman–Crippen MR) is 97.2 cm³/mol. The quantitative estimate of drug-likeness (QED) is 0.549. The van der Waals surface area contributed by atoms with Gasteiger partial charge < -0.3 is 4.57 Å². The van der Waals surface area contributed by atoms with Crippen LogP contribution in [-0.2, 0) is 13.0 Å². The van der Waals surface area contributed by atoms with E-state index in [9.17, 15) is 4.39 Å². The monoisotopic (exact) mass is 347 g/mol. The van der Waals surface area contributed by atoms with Crippen LogP contribution in [0.5, 0.6) is 0 Å². The van der Waals surface area contributed by atoms with E-state index in [0.717, 1.165) is 41.2 Å². The Morgan fingerprint density at radius 3 is 2.81 bits per heavy atom. The number of pyridine rings is 1. The predicted octanol–water partition coefficient (Wildman–Crippen LogP) is 3.90. The molecular weight excluding hydrogens is 329 g/mol. The van der Waals surface area contributed by atoms with Crippen LogP contribution in [0, 0.1) is 11.7 Å². The fraction of sp³-hybridized carbons (Fsp3) is 0.300. The van der Waals surface area contributed by atoms with Crippen molar-refractivity contribution in [1.29, 1.82) is 0 Å². The van der Waals surface area contributed by atoms with E-state index in [-0.39, 0.29) is 5.82 Å². The number of benzene rings is 1. The molecule has 1 fully saturated rings. The summed E-state index contributed by atoms with van der Waals surface area (Å²) < 4.78 is 16.2. The SMILES string of the molecule is Fc1cccc2c(Cn3c(CCC4CC4)nc4nccnc43)ccnc12. The van der Waals surface area contributed by atoms with Crippen molar-refractivity contribution in [3.63, 3.8) is 0 Å². The summed E-state index contributed by atoms with van der Waals surface area (Å²) in [5.74, 6) is 1.54. The zero-order valence-electron chi connectivity index (χ0n) is 14.3. The number of nitrogens with zero attached hydrogens (tertiary/aromatic N) is 5. The van der Waals surface area contributed by atoms with Gasteiger partial charge in [0.2, 0.25) is 0 Å². The van der Waals surface area contributed by atoms with Crippen LogP contribution in [0.3, 0.4) is 0 Å². The first-order valence-electron chi connectivity index (χ1n) is 8.98. The maximum Gasteiger partial charge on any atom is 0.197 e. The van der Waals surface area contributed by atoms with Gasteiger partial charge in [-0.15, -0.1) is 0 Å². The standard InChI is InChI=1S/C20H18FN5/c21-16-3-1-2-15-14(8-9-22-18(15)16)12-26-17(7-6-13-4-5-13)25-19-20(26)24-11-10-23-19/h1-3,8-11,13H,4-7,12H2. The topological polar surface area (TPSA) is 56.5 Å². The molecule has 1 saturated carbocycles. The van der Waals surface area contributed by atoms with Gasteiger partial charge in [-0.05, 0) is 30.0 Å². The number of aryl methyl sites for hydroxylation is 1. The first-order chi connectivity index (χ1) is 12.8. The normalized spacial score (nSPS) is 14.3. The molecule has 0 amide bonds. The van der Waals surface area contributed by atoms with Gasteiger partial charge in [-0.25, -0.2) is 19.3 Å². The van der Waals surface area contributed by atoms with Gasteiger partial charge in [0.25, 0.3) is 0 Å². The van der Waals surface area contributed by atoms with Gasteiger partial charge in [0.05, 0.1) is 6.54 Å². The van der Waals surface area contributed by atoms with E-state index in [0.29, 0.717) is 17.7 Å². The molecule has 1 aliphatic rings. The molecule has 6 heteroatoms. The van der Waals surface area contributed by atoms with Crippen LogP contribution in [0.1, 0.15) is 30.7 Å². The van der Waals surface area contributed by atoms with E-state index in [4.69, 9.17) is 4.98 Å². The smallest absolute Gasteiger partial charge is 0.197 e. The number of para-hydroxylation sites is 1. The zero-order valence-corrected chi connectivity index (χ0v) is 14.3. The molecule has 1 aromatic carbocycles. The molecule has 0 spiro atoms. The van der Waals surface area contributed by atoms with Gasteiger partial charge in [0.15, 0.2) is 11.3 Å². The van der Waals surface area contributed by atoms with Gasteiger partial charge in [-0.1, -0.05) is 25.0 Å². The molecule has 130 valence electrons. The van der Waals surface area contributed by atoms with Crippen molar-refractivity contribution in [2.24, 2.45) is 5.92 Å². The molecule has 3 heterocycles. The number of rotatable bonds is 5. The summed E-state index contributed by atoms with van der Waals surface area (Å²) in [5, 5.41) is 0.825. The number of hydrogen-bond donors (Lipinski definition) is 0. The van der Waals surface area contributed by atoms with Gasteiger partial charge in [0.1, 0.15) is 17.2 Å². The summed E-state index contributed by atoms with van der Waals surface area (Å²) in [7, 11) is 0. The fourth-order valence-electron chi connectivity index (χ4n) is 3.50. The highest BCUT2D eigenvalue weighted by molar-refractivity contribution is 5.82. The number of halogens is 1. The summed E-state index contributed by atoms with van der Waals surface area (Å²) in [6, 6.07) is 7.02. The molecule has 0 aliphatic heterocycles. The Labute approximate surface area is 149 Å². The van der Waals surface area contributed by atoms with Crippen LogP contribution in [0.15, 0.2) is 42.9 Å². The van der Waals surface area contributed by atoms with E-state index in [1.54, 1.807) is 24.7 Å². The second-order valence-corrected chi connectivity index (χ2v) is 6.91. The van der Waals surface area contributed by atoms with Crippen molar-refractivity contribution in [2.45, 2.75) is 32.2 Å². The molecule has 4 aromatic rings. The Bertz CT molecular complexity index is 1100. The number of aromatic nitrogens is 5. The van der Waals surface area contributed by atoms with Crippen molar-refractivity contribution in [3.8, 4) is 0 Å². The summed E-state index contributed by atoms with van der Waals surface area (Å²) in [6.45, 7) is 0.581. The van der Waals surface area contributed by atoms with E-state index in [1.807, 2.05) is 12.1 Å². The molecule has 0 unspecified atom stereocenters. The van der Waals surface area contributed by atoms with Crippen molar-refractivity contribution >= 4 is 22.2 Å². The summed E-state index contributed by atoms with van der Waals surface area (Å²) >= 11 is 0. The number of hydrogen-bond acceptors (Lipinski definition) is 4. The van der Waals surface area contributed by atoms with E-state index in [2.05, 4.69) is 19.5 Å². The Hall–Kier alpha value is -2.89. The number of imidazole rings is 1. The summed E-state index contributed by atoms with van der Waals surface area (Å²) in [4.78, 5) is 17.7. The van der Waals surface area contributed by atoms with E-state index in [1.165, 1.54) is 18.9 Å². The van der Waals surface area contributed by atoms with Crippen molar-refractivity contribution in [3.05, 3.63) is 60.1 Å². The molecule has 5 rings (SSSR count). The Balaban J connectivity index is 1.60. The van der Waals surface area contributed by atoms with E-state index >= 15 is 0 Å². The highest BCUT2D eigenvalue weighted by Crippen LogP contribution is 2.33. The highest BCUT2D eigenvalue weighted by Gasteiger charge is 2.23. The lowest BCUT2D eigenvalue weighted by molar-refractivity contribution is 0.636. The minimum Gasteiger partial charge on any atom is -0.307 e. The van der Waals surface area contributed by atoms with Crippen LogP contribution in [0.4, 0.5) is 4.39 Å². The minimum absolute atomic E-state index is 0.298. The molecule has 26 heavy (non-hydrogen) atoms. The fourth-order valence-corrected chi connectivity index (χ4v) is 3.50. The molecule has 5 nitrogen and oxygen atoms in total. The largest absolute Gasteiger partial charge is 0.307 e. The zero-order chi connectivity index (χ0) is 17.5. The lowest BCUT2D eigenvalue weighted by Crippen LogP contribution is -2.07. The Morgan fingerprint density at radius 2 is 1.92 bits per heavy atom. The third-order valence-corrected chi connectivity index (χ3v) is 5.08. The third kappa shape index (κ3) is 2.71. The van der Waals surface area contributed by atoms with Crippen molar-refractivity contribution < 1.29 is 4.39 Å². The molecule has 0 atom stereocenters. The van der Waals surface area contributed by atoms with Crippen molar-refractivity contribution in [1.82, 2.24) is 24.5 Å². The van der Waals surface area contributed by atoms with Gasteiger partial charge in [0, 0.05) is 30.4 Å². The molecular formula is C20H18FN5. The minimum atomic E-state index is -0.298. The lowest BCUT2D eigenvalue weighted by atomic mass is 10.1. The Morgan fingerprint density at radius 1 is 1.04 bits per heavy atom. The highest BCUT2D eigenvalue weighted by atomic mass is 19.1. The van der Waals surface area contributed by atoms with Gasteiger partial charge in [-0.2, -0.15) is 0 Å². The van der Waals surface area contributed by atoms with Crippen LogP contribution in [-0.4, -0.2) is 24.5 Å². The first-order valence-corrected chi connectivity index (χ1v) is 8.98. The van der Waals surface area contributed by atoms with Crippen LogP contribution >= 0.6 is 0 Å².